The summed E-state index contributed by atoms with van der Waals surface area (Å²) in [6.45, 7) is 6.05. The van der Waals surface area contributed by atoms with Crippen LogP contribution in [0.1, 0.15) is 41.5 Å². The van der Waals surface area contributed by atoms with Gasteiger partial charge in [0.25, 0.3) is 0 Å². The first-order chi connectivity index (χ1) is 11.6. The first-order valence-corrected chi connectivity index (χ1v) is 8.60. The van der Waals surface area contributed by atoms with Crippen LogP contribution in [0.2, 0.25) is 0 Å². The van der Waals surface area contributed by atoms with E-state index in [1.807, 2.05) is 24.6 Å². The molecule has 1 atom stereocenters. The van der Waals surface area contributed by atoms with Gasteiger partial charge in [0.2, 0.25) is 5.91 Å². The molecule has 1 amide bonds. The molecule has 24 heavy (non-hydrogen) atoms. The molecule has 3 rings (SSSR count). The van der Waals surface area contributed by atoms with Gasteiger partial charge in [0.15, 0.2) is 0 Å². The zero-order chi connectivity index (χ0) is 16.9. The number of carbonyl (C=O) groups is 1. The highest BCUT2D eigenvalue weighted by Crippen LogP contribution is 2.26. The number of hydrogen-bond acceptors (Lipinski definition) is 3. The van der Waals surface area contributed by atoms with E-state index in [0.717, 1.165) is 37.4 Å². The number of carbonyl (C=O) groups excluding carboxylic acids is 1. The zero-order valence-corrected chi connectivity index (χ0v) is 14.4. The molecule has 0 saturated heterocycles. The minimum atomic E-state index is -0.0325. The molecule has 1 N–H and O–H groups in total. The van der Waals surface area contributed by atoms with E-state index in [1.165, 1.54) is 11.1 Å². The maximum Gasteiger partial charge on any atom is 0.220 e. The summed E-state index contributed by atoms with van der Waals surface area (Å²) < 4.78 is 7.78. The predicted octanol–water partition coefficient (Wildman–Crippen LogP) is 2.71. The first-order valence-electron chi connectivity index (χ1n) is 8.60. The van der Waals surface area contributed by atoms with Crippen LogP contribution in [0, 0.1) is 13.8 Å². The molecule has 0 radical (unpaired) electrons. The van der Waals surface area contributed by atoms with Gasteiger partial charge in [0.05, 0.1) is 12.3 Å². The van der Waals surface area contributed by atoms with Crippen molar-refractivity contribution in [3.8, 4) is 0 Å². The minimum Gasteiger partial charge on any atom is -0.371 e. The van der Waals surface area contributed by atoms with Crippen LogP contribution in [0.3, 0.4) is 0 Å². The Labute approximate surface area is 143 Å². The molecule has 0 unspecified atom stereocenters. The summed E-state index contributed by atoms with van der Waals surface area (Å²) in [6.07, 6.45) is 2.21. The fourth-order valence-electron chi connectivity index (χ4n) is 3.23. The summed E-state index contributed by atoms with van der Waals surface area (Å²) in [5.41, 5.74) is 4.68. The maximum absolute atomic E-state index is 12.1. The second-order valence-corrected chi connectivity index (χ2v) is 6.37. The number of nitrogens with one attached hydrogen (secondary N) is 1. The lowest BCUT2D eigenvalue weighted by Gasteiger charge is -2.26. The number of nitrogens with zero attached hydrogens (tertiary/aromatic N) is 2. The average Bonchev–Trinajstić information content (AvgIpc) is 2.90. The Bertz CT molecular complexity index is 708. The van der Waals surface area contributed by atoms with Crippen molar-refractivity contribution in [1.82, 2.24) is 15.1 Å². The van der Waals surface area contributed by atoms with Gasteiger partial charge in [-0.25, -0.2) is 0 Å². The van der Waals surface area contributed by atoms with Crippen molar-refractivity contribution in [2.24, 2.45) is 0 Å². The molecule has 2 heterocycles. The molecule has 1 aromatic heterocycles. The number of fused-ring (bicyclic) bond motifs is 1. The van der Waals surface area contributed by atoms with Crippen LogP contribution in [0.5, 0.6) is 0 Å². The van der Waals surface area contributed by atoms with Crippen LogP contribution in [-0.2, 0) is 22.5 Å². The van der Waals surface area contributed by atoms with Gasteiger partial charge in [0.1, 0.15) is 6.10 Å². The van der Waals surface area contributed by atoms with Crippen LogP contribution >= 0.6 is 0 Å². The molecular weight excluding hydrogens is 302 g/mol. The smallest absolute Gasteiger partial charge is 0.220 e. The van der Waals surface area contributed by atoms with Crippen molar-refractivity contribution in [2.45, 2.75) is 45.8 Å². The maximum atomic E-state index is 12.1. The Morgan fingerprint density at radius 2 is 2.21 bits per heavy atom. The average molecular weight is 327 g/mol. The van der Waals surface area contributed by atoms with Crippen LogP contribution in [-0.4, -0.2) is 28.8 Å². The third-order valence-electron chi connectivity index (χ3n) is 4.45. The lowest BCUT2D eigenvalue weighted by molar-refractivity contribution is -0.122. The molecule has 0 aliphatic carbocycles. The molecule has 128 valence electrons. The number of hydrogen-bond donors (Lipinski definition) is 1. The normalized spacial score (nSPS) is 16.7. The van der Waals surface area contributed by atoms with Crippen molar-refractivity contribution in [1.29, 1.82) is 0 Å². The van der Waals surface area contributed by atoms with E-state index in [1.54, 1.807) is 0 Å². The molecule has 1 aromatic carbocycles. The minimum absolute atomic E-state index is 0.0325. The highest BCUT2D eigenvalue weighted by molar-refractivity contribution is 5.75. The molecule has 5 nitrogen and oxygen atoms in total. The molecule has 1 aliphatic rings. The van der Waals surface area contributed by atoms with Gasteiger partial charge in [-0.15, -0.1) is 0 Å². The number of amides is 1. The van der Waals surface area contributed by atoms with Crippen LogP contribution in [0.4, 0.5) is 0 Å². The third kappa shape index (κ3) is 4.03. The van der Waals surface area contributed by atoms with E-state index in [-0.39, 0.29) is 12.0 Å². The van der Waals surface area contributed by atoms with Crippen molar-refractivity contribution in [3.05, 3.63) is 52.8 Å². The highest BCUT2D eigenvalue weighted by atomic mass is 16.5. The summed E-state index contributed by atoms with van der Waals surface area (Å²) in [5, 5.41) is 7.42. The molecule has 1 aliphatic heterocycles. The zero-order valence-electron chi connectivity index (χ0n) is 14.4. The van der Waals surface area contributed by atoms with Crippen LogP contribution in [0.15, 0.2) is 30.3 Å². The van der Waals surface area contributed by atoms with Gasteiger partial charge >= 0.3 is 0 Å². The Morgan fingerprint density at radius 3 is 3.00 bits per heavy atom. The van der Waals surface area contributed by atoms with E-state index in [9.17, 15) is 4.79 Å². The van der Waals surface area contributed by atoms with Crippen molar-refractivity contribution in [2.75, 3.05) is 13.2 Å². The molecule has 0 saturated carbocycles. The Kier molecular flexibility index (Phi) is 5.30. The second-order valence-electron chi connectivity index (χ2n) is 6.37. The molecule has 2 aromatic rings. The van der Waals surface area contributed by atoms with Gasteiger partial charge in [-0.3, -0.25) is 9.48 Å². The van der Waals surface area contributed by atoms with E-state index < -0.39 is 0 Å². The predicted molar refractivity (Wildman–Crippen MR) is 92.8 cm³/mol. The third-order valence-corrected chi connectivity index (χ3v) is 4.45. The number of benzene rings is 1. The van der Waals surface area contributed by atoms with Crippen LogP contribution in [0.25, 0.3) is 0 Å². The number of rotatable bonds is 6. The van der Waals surface area contributed by atoms with Crippen LogP contribution < -0.4 is 5.32 Å². The summed E-state index contributed by atoms with van der Waals surface area (Å²) in [6, 6.07) is 10.4. The summed E-state index contributed by atoms with van der Waals surface area (Å²) >= 11 is 0. The fraction of sp³-hybridized carbons (Fsp3) is 0.474. The van der Waals surface area contributed by atoms with Crippen molar-refractivity contribution >= 4 is 5.91 Å². The standard InChI is InChI=1S/C19H25N3O2/c1-14-12-15(2)22(21-14)10-5-8-19(23)20-13-18-17-7-4-3-6-16(17)9-11-24-18/h3-4,6-7,12,18H,5,8-11,13H2,1-2H3,(H,20,23)/t18-/m0/s1. The summed E-state index contributed by atoms with van der Waals surface area (Å²) in [7, 11) is 0. The van der Waals surface area contributed by atoms with Gasteiger partial charge < -0.3 is 10.1 Å². The van der Waals surface area contributed by atoms with E-state index >= 15 is 0 Å². The lowest BCUT2D eigenvalue weighted by Crippen LogP contribution is -2.31. The van der Waals surface area contributed by atoms with Crippen molar-refractivity contribution < 1.29 is 9.53 Å². The number of aryl methyl sites for hydroxylation is 3. The monoisotopic (exact) mass is 327 g/mol. The fourth-order valence-corrected chi connectivity index (χ4v) is 3.23. The molecule has 5 heteroatoms. The van der Waals surface area contributed by atoms with Gasteiger partial charge in [0, 0.05) is 25.2 Å². The quantitative estimate of drug-likeness (QED) is 0.887. The lowest BCUT2D eigenvalue weighted by atomic mass is 9.97. The highest BCUT2D eigenvalue weighted by Gasteiger charge is 2.20. The Hall–Kier alpha value is -2.14. The first kappa shape index (κ1) is 16.7. The molecule has 0 spiro atoms. The van der Waals surface area contributed by atoms with Crippen molar-refractivity contribution in [3.63, 3.8) is 0 Å². The second kappa shape index (κ2) is 7.62. The van der Waals surface area contributed by atoms with Gasteiger partial charge in [-0.2, -0.15) is 5.10 Å². The largest absolute Gasteiger partial charge is 0.371 e. The number of aromatic nitrogens is 2. The SMILES string of the molecule is Cc1cc(C)n(CCCC(=O)NC[C@@H]2OCCc3ccccc32)n1. The molecular formula is C19H25N3O2. The number of ether oxygens (including phenoxy) is 1. The topological polar surface area (TPSA) is 56.2 Å². The Morgan fingerprint density at radius 1 is 1.38 bits per heavy atom. The van der Waals surface area contributed by atoms with E-state index in [0.29, 0.717) is 13.0 Å². The van der Waals surface area contributed by atoms with Gasteiger partial charge in [-0.05, 0) is 43.9 Å². The molecule has 0 fully saturated rings. The van der Waals surface area contributed by atoms with E-state index in [4.69, 9.17) is 4.74 Å². The van der Waals surface area contributed by atoms with Gasteiger partial charge in [-0.1, -0.05) is 24.3 Å². The molecule has 0 bridgehead atoms. The summed E-state index contributed by atoms with van der Waals surface area (Å²) in [4.78, 5) is 12.1. The summed E-state index contributed by atoms with van der Waals surface area (Å²) in [5.74, 6) is 0.0724. The van der Waals surface area contributed by atoms with E-state index in [2.05, 4.69) is 34.7 Å². The Balaban J connectivity index is 1.44.